The zero-order valence-corrected chi connectivity index (χ0v) is 22.5. The quantitative estimate of drug-likeness (QED) is 0.319. The van der Waals surface area contributed by atoms with E-state index in [-0.39, 0.29) is 30.1 Å². The fourth-order valence-electron chi connectivity index (χ4n) is 4.21. The summed E-state index contributed by atoms with van der Waals surface area (Å²) in [6, 6.07) is -2.26. The van der Waals surface area contributed by atoms with E-state index >= 15 is 0 Å². The maximum atomic E-state index is 13.2. The van der Waals surface area contributed by atoms with Crippen molar-refractivity contribution in [2.45, 2.75) is 110 Å². The first kappa shape index (κ1) is 30.7. The monoisotopic (exact) mass is 499 g/mol. The van der Waals surface area contributed by atoms with Gasteiger partial charge in [0.05, 0.1) is 19.3 Å². The van der Waals surface area contributed by atoms with Gasteiger partial charge in [-0.3, -0.25) is 9.59 Å². The zero-order chi connectivity index (χ0) is 26.9. The lowest BCUT2D eigenvalue weighted by atomic mass is 9.95. The standard InChI is InChI=1S/C25H45N3O7/c1-9-15(4)20(28-24(33)35-25(5,6)7)22(31)27-21-16(10-11-18(21)29)13-19(30)26-17(12-14(2)3)23(32)34-8/h14-18,20-21,29H,9-13H2,1-8H3,(H,26,30)(H,27,31)(H,28,33)/t15-,16-,17-,18+,20-,21+/m0/s1. The van der Waals surface area contributed by atoms with Crippen LogP contribution in [0.25, 0.3) is 0 Å². The molecule has 3 amide bonds. The van der Waals surface area contributed by atoms with Crippen LogP contribution in [0.3, 0.4) is 0 Å². The smallest absolute Gasteiger partial charge is 0.408 e. The predicted octanol–water partition coefficient (Wildman–Crippen LogP) is 2.28. The summed E-state index contributed by atoms with van der Waals surface area (Å²) in [5.74, 6) is -1.61. The Labute approximate surface area is 209 Å². The van der Waals surface area contributed by atoms with Gasteiger partial charge in [-0.15, -0.1) is 0 Å². The minimum Gasteiger partial charge on any atom is -0.467 e. The molecule has 0 aliphatic heterocycles. The van der Waals surface area contributed by atoms with Crippen LogP contribution >= 0.6 is 0 Å². The Morgan fingerprint density at radius 3 is 2.20 bits per heavy atom. The molecule has 4 N–H and O–H groups in total. The van der Waals surface area contributed by atoms with Crippen molar-refractivity contribution >= 4 is 23.9 Å². The van der Waals surface area contributed by atoms with Crippen LogP contribution in [0.4, 0.5) is 4.79 Å². The molecule has 1 saturated carbocycles. The number of amides is 3. The van der Waals surface area contributed by atoms with Gasteiger partial charge in [0.15, 0.2) is 0 Å². The molecule has 0 spiro atoms. The number of rotatable bonds is 11. The highest BCUT2D eigenvalue weighted by Gasteiger charge is 2.39. The fourth-order valence-corrected chi connectivity index (χ4v) is 4.21. The van der Waals surface area contributed by atoms with Crippen LogP contribution in [0.15, 0.2) is 0 Å². The average Bonchev–Trinajstić information content (AvgIpc) is 3.07. The van der Waals surface area contributed by atoms with E-state index in [2.05, 4.69) is 16.0 Å². The Morgan fingerprint density at radius 2 is 1.69 bits per heavy atom. The van der Waals surface area contributed by atoms with E-state index in [1.54, 1.807) is 20.8 Å². The molecule has 0 bridgehead atoms. The SMILES string of the molecule is CC[C@H](C)[C@H](NC(=O)OC(C)(C)C)C(=O)N[C@@H]1[C@H](CC(=O)N[C@@H](CC(C)C)C(=O)OC)CC[C@H]1O. The molecule has 1 aliphatic rings. The molecule has 0 heterocycles. The lowest BCUT2D eigenvalue weighted by Gasteiger charge is -2.30. The van der Waals surface area contributed by atoms with E-state index in [1.807, 2.05) is 27.7 Å². The number of aliphatic hydroxyl groups excluding tert-OH is 1. The number of methoxy groups -OCH3 is 1. The molecule has 10 heteroatoms. The number of ether oxygens (including phenoxy) is 2. The Morgan fingerprint density at radius 1 is 1.06 bits per heavy atom. The van der Waals surface area contributed by atoms with Crippen molar-refractivity contribution < 1.29 is 33.8 Å². The molecule has 202 valence electrons. The van der Waals surface area contributed by atoms with Gasteiger partial charge in [0.25, 0.3) is 0 Å². The number of carbonyl (C=O) groups is 4. The maximum absolute atomic E-state index is 13.2. The molecule has 0 saturated heterocycles. The third-order valence-electron chi connectivity index (χ3n) is 6.21. The third-order valence-corrected chi connectivity index (χ3v) is 6.21. The molecule has 0 unspecified atom stereocenters. The van der Waals surface area contributed by atoms with Crippen molar-refractivity contribution in [1.29, 1.82) is 0 Å². The van der Waals surface area contributed by atoms with Gasteiger partial charge < -0.3 is 30.5 Å². The predicted molar refractivity (Wildman–Crippen MR) is 131 cm³/mol. The molecule has 1 aliphatic carbocycles. The van der Waals surface area contributed by atoms with Gasteiger partial charge >= 0.3 is 12.1 Å². The Kier molecular flexibility index (Phi) is 12.0. The summed E-state index contributed by atoms with van der Waals surface area (Å²) in [5.41, 5.74) is -0.710. The number of esters is 1. The molecule has 0 aromatic carbocycles. The van der Waals surface area contributed by atoms with Gasteiger partial charge in [0.2, 0.25) is 11.8 Å². The fraction of sp³-hybridized carbons (Fsp3) is 0.840. The minimum absolute atomic E-state index is 0.0427. The number of carbonyl (C=O) groups excluding carboxylic acids is 4. The molecule has 0 radical (unpaired) electrons. The van der Waals surface area contributed by atoms with Crippen LogP contribution in [0.1, 0.15) is 80.6 Å². The van der Waals surface area contributed by atoms with Crippen LogP contribution < -0.4 is 16.0 Å². The first-order valence-corrected chi connectivity index (χ1v) is 12.5. The van der Waals surface area contributed by atoms with E-state index in [9.17, 15) is 24.3 Å². The summed E-state index contributed by atoms with van der Waals surface area (Å²) in [5, 5.41) is 18.8. The van der Waals surface area contributed by atoms with Crippen molar-refractivity contribution in [3.8, 4) is 0 Å². The number of hydrogen-bond donors (Lipinski definition) is 4. The third kappa shape index (κ3) is 10.4. The Bertz CT molecular complexity index is 735. The first-order chi connectivity index (χ1) is 16.2. The van der Waals surface area contributed by atoms with E-state index in [4.69, 9.17) is 9.47 Å². The summed E-state index contributed by atoms with van der Waals surface area (Å²) < 4.78 is 10.1. The molecular weight excluding hydrogens is 454 g/mol. The summed E-state index contributed by atoms with van der Waals surface area (Å²) in [6.45, 7) is 12.9. The highest BCUT2D eigenvalue weighted by Crippen LogP contribution is 2.29. The Balaban J connectivity index is 2.87. The van der Waals surface area contributed by atoms with Gasteiger partial charge in [-0.2, -0.15) is 0 Å². The van der Waals surface area contributed by atoms with Gasteiger partial charge in [0.1, 0.15) is 17.7 Å². The second-order valence-electron chi connectivity index (χ2n) is 10.9. The van der Waals surface area contributed by atoms with E-state index < -0.39 is 47.8 Å². The van der Waals surface area contributed by atoms with Gasteiger partial charge in [-0.25, -0.2) is 9.59 Å². The second kappa shape index (κ2) is 13.7. The zero-order valence-electron chi connectivity index (χ0n) is 22.5. The molecule has 6 atom stereocenters. The van der Waals surface area contributed by atoms with Gasteiger partial charge in [-0.1, -0.05) is 34.1 Å². The normalized spacial score (nSPS) is 22.6. The molecule has 1 fully saturated rings. The molecule has 10 nitrogen and oxygen atoms in total. The number of nitrogens with one attached hydrogen (secondary N) is 3. The van der Waals surface area contributed by atoms with Crippen molar-refractivity contribution in [1.82, 2.24) is 16.0 Å². The van der Waals surface area contributed by atoms with Crippen LogP contribution in [0.2, 0.25) is 0 Å². The number of alkyl carbamates (subject to hydrolysis) is 1. The highest BCUT2D eigenvalue weighted by atomic mass is 16.6. The summed E-state index contributed by atoms with van der Waals surface area (Å²) in [4.78, 5) is 50.2. The molecule has 1 rings (SSSR count). The van der Waals surface area contributed by atoms with Crippen LogP contribution in [0, 0.1) is 17.8 Å². The van der Waals surface area contributed by atoms with Crippen molar-refractivity contribution in [2.75, 3.05) is 7.11 Å². The van der Waals surface area contributed by atoms with Gasteiger partial charge in [0, 0.05) is 6.42 Å². The average molecular weight is 500 g/mol. The molecule has 35 heavy (non-hydrogen) atoms. The van der Waals surface area contributed by atoms with Crippen molar-refractivity contribution in [2.24, 2.45) is 17.8 Å². The summed E-state index contributed by atoms with van der Waals surface area (Å²) in [6.07, 6.45) is 0.586. The van der Waals surface area contributed by atoms with Gasteiger partial charge in [-0.05, 0) is 57.8 Å². The molecular formula is C25H45N3O7. The van der Waals surface area contributed by atoms with Crippen LogP contribution in [-0.4, -0.2) is 65.9 Å². The maximum Gasteiger partial charge on any atom is 0.408 e. The topological polar surface area (TPSA) is 143 Å². The Hall–Kier alpha value is -2.36. The van der Waals surface area contributed by atoms with Crippen molar-refractivity contribution in [3.63, 3.8) is 0 Å². The largest absolute Gasteiger partial charge is 0.467 e. The summed E-state index contributed by atoms with van der Waals surface area (Å²) >= 11 is 0. The molecule has 0 aromatic rings. The number of aliphatic hydroxyl groups is 1. The lowest BCUT2D eigenvalue weighted by molar-refractivity contribution is -0.145. The van der Waals surface area contributed by atoms with E-state index in [1.165, 1.54) is 7.11 Å². The van der Waals surface area contributed by atoms with E-state index in [0.717, 1.165) is 0 Å². The van der Waals surface area contributed by atoms with Crippen LogP contribution in [0.5, 0.6) is 0 Å². The van der Waals surface area contributed by atoms with Crippen LogP contribution in [-0.2, 0) is 23.9 Å². The minimum atomic E-state index is -0.855. The lowest BCUT2D eigenvalue weighted by Crippen LogP contribution is -2.56. The second-order valence-corrected chi connectivity index (χ2v) is 10.9. The first-order valence-electron chi connectivity index (χ1n) is 12.5. The number of hydrogen-bond acceptors (Lipinski definition) is 7. The molecule has 0 aromatic heterocycles. The summed E-state index contributed by atoms with van der Waals surface area (Å²) in [7, 11) is 1.28. The van der Waals surface area contributed by atoms with E-state index in [0.29, 0.717) is 25.7 Å². The highest BCUT2D eigenvalue weighted by molar-refractivity contribution is 5.87. The van der Waals surface area contributed by atoms with Crippen molar-refractivity contribution in [3.05, 3.63) is 0 Å².